The molecule has 0 saturated carbocycles. The van der Waals surface area contributed by atoms with Crippen molar-refractivity contribution < 1.29 is 4.52 Å². The van der Waals surface area contributed by atoms with Crippen LogP contribution in [0.3, 0.4) is 0 Å². The maximum absolute atomic E-state index is 9.10. The van der Waals surface area contributed by atoms with Crippen LogP contribution in [0.5, 0.6) is 0 Å². The Labute approximate surface area is 158 Å². The lowest BCUT2D eigenvalue weighted by Crippen LogP contribution is -2.39. The van der Waals surface area contributed by atoms with Gasteiger partial charge in [-0.1, -0.05) is 23.4 Å². The van der Waals surface area contributed by atoms with Crippen LogP contribution in [0.1, 0.15) is 49.4 Å². The van der Waals surface area contributed by atoms with Crippen LogP contribution < -0.4 is 0 Å². The predicted octanol–water partition coefficient (Wildman–Crippen LogP) is 4.12. The first-order valence-corrected chi connectivity index (χ1v) is 9.24. The summed E-state index contributed by atoms with van der Waals surface area (Å²) in [5.41, 5.74) is 2.42. The van der Waals surface area contributed by atoms with E-state index in [9.17, 15) is 0 Å². The fourth-order valence-electron chi connectivity index (χ4n) is 3.67. The van der Waals surface area contributed by atoms with Gasteiger partial charge in [-0.2, -0.15) is 10.2 Å². The highest BCUT2D eigenvalue weighted by Gasteiger charge is 2.33. The van der Waals surface area contributed by atoms with Gasteiger partial charge in [0.25, 0.3) is 0 Å². The molecule has 0 radical (unpaired) electrons. The molecule has 1 saturated heterocycles. The zero-order chi connectivity index (χ0) is 18.6. The molecule has 4 rings (SSSR count). The molecule has 2 aromatic heterocycles. The number of rotatable bonds is 4. The summed E-state index contributed by atoms with van der Waals surface area (Å²) in [5, 5.41) is 13.3. The van der Waals surface area contributed by atoms with E-state index in [1.54, 1.807) is 12.1 Å². The van der Waals surface area contributed by atoms with E-state index in [0.29, 0.717) is 23.3 Å². The summed E-state index contributed by atoms with van der Waals surface area (Å²) >= 11 is 0. The quantitative estimate of drug-likeness (QED) is 0.697. The highest BCUT2D eigenvalue weighted by Crippen LogP contribution is 2.35. The number of benzene rings is 1. The number of pyridine rings is 1. The molecule has 6 heteroatoms. The third-order valence-corrected chi connectivity index (χ3v) is 5.11. The Morgan fingerprint density at radius 1 is 1.22 bits per heavy atom. The Balaban J connectivity index is 1.60. The van der Waals surface area contributed by atoms with E-state index in [-0.39, 0.29) is 6.04 Å². The van der Waals surface area contributed by atoms with Crippen molar-refractivity contribution >= 4 is 0 Å². The zero-order valence-electron chi connectivity index (χ0n) is 15.2. The molecule has 0 N–H and O–H groups in total. The molecule has 3 aromatic rings. The highest BCUT2D eigenvalue weighted by molar-refractivity contribution is 5.57. The van der Waals surface area contributed by atoms with Crippen molar-refractivity contribution in [3.8, 4) is 17.5 Å². The molecule has 3 heterocycles. The van der Waals surface area contributed by atoms with Crippen LogP contribution in [0, 0.1) is 11.3 Å². The molecule has 27 heavy (non-hydrogen) atoms. The fourth-order valence-corrected chi connectivity index (χ4v) is 3.67. The van der Waals surface area contributed by atoms with Gasteiger partial charge in [0, 0.05) is 24.3 Å². The summed E-state index contributed by atoms with van der Waals surface area (Å²) in [7, 11) is 0. The molecule has 136 valence electrons. The summed E-state index contributed by atoms with van der Waals surface area (Å²) in [6.45, 7) is 3.00. The number of nitriles is 1. The second-order valence-electron chi connectivity index (χ2n) is 6.94. The van der Waals surface area contributed by atoms with E-state index in [1.807, 2.05) is 36.5 Å². The van der Waals surface area contributed by atoms with Gasteiger partial charge in [-0.25, -0.2) is 0 Å². The maximum atomic E-state index is 9.10. The van der Waals surface area contributed by atoms with Crippen LogP contribution in [0.2, 0.25) is 0 Å². The van der Waals surface area contributed by atoms with Crippen LogP contribution >= 0.6 is 0 Å². The molecule has 2 unspecified atom stereocenters. The summed E-state index contributed by atoms with van der Waals surface area (Å²) in [6.07, 6.45) is 5.09. The Morgan fingerprint density at radius 3 is 2.96 bits per heavy atom. The monoisotopic (exact) mass is 359 g/mol. The molecule has 0 spiro atoms. The number of piperidine rings is 1. The molecule has 0 amide bonds. The van der Waals surface area contributed by atoms with Crippen LogP contribution in [0.4, 0.5) is 0 Å². The van der Waals surface area contributed by atoms with Gasteiger partial charge in [-0.3, -0.25) is 9.88 Å². The standard InChI is InChI=1S/C21H21N5O/c1-15-6-4-10-19(26(15)14-18-9-2-3-11-23-18)21-24-20(25-27-21)17-8-5-7-16(12-17)13-22/h2-3,5,7-9,11-12,15,19H,4,6,10,14H2,1H3. The normalized spacial score (nSPS) is 20.3. The molecule has 1 aliphatic heterocycles. The maximum Gasteiger partial charge on any atom is 0.244 e. The van der Waals surface area contributed by atoms with Crippen LogP contribution in [-0.2, 0) is 6.54 Å². The van der Waals surface area contributed by atoms with Crippen molar-refractivity contribution in [1.82, 2.24) is 20.0 Å². The van der Waals surface area contributed by atoms with Crippen molar-refractivity contribution in [2.45, 2.75) is 44.8 Å². The molecule has 1 fully saturated rings. The molecule has 1 aromatic carbocycles. The van der Waals surface area contributed by atoms with Crippen molar-refractivity contribution in [1.29, 1.82) is 5.26 Å². The summed E-state index contributed by atoms with van der Waals surface area (Å²) in [6, 6.07) is 15.9. The number of hydrogen-bond acceptors (Lipinski definition) is 6. The van der Waals surface area contributed by atoms with Gasteiger partial charge >= 0.3 is 0 Å². The smallest absolute Gasteiger partial charge is 0.244 e. The van der Waals surface area contributed by atoms with E-state index in [1.165, 1.54) is 0 Å². The number of hydrogen-bond donors (Lipinski definition) is 0. The third kappa shape index (κ3) is 3.74. The first kappa shape index (κ1) is 17.4. The minimum Gasteiger partial charge on any atom is -0.337 e. The Kier molecular flexibility index (Phi) is 4.95. The topological polar surface area (TPSA) is 78.8 Å². The number of aromatic nitrogens is 3. The lowest BCUT2D eigenvalue weighted by molar-refractivity contribution is 0.0621. The Hall–Kier alpha value is -3.04. The van der Waals surface area contributed by atoms with Crippen molar-refractivity contribution in [2.75, 3.05) is 0 Å². The van der Waals surface area contributed by atoms with Crippen molar-refractivity contribution in [3.63, 3.8) is 0 Å². The second-order valence-corrected chi connectivity index (χ2v) is 6.94. The third-order valence-electron chi connectivity index (χ3n) is 5.11. The summed E-state index contributed by atoms with van der Waals surface area (Å²) < 4.78 is 5.64. The van der Waals surface area contributed by atoms with E-state index in [2.05, 4.69) is 33.0 Å². The molecule has 2 atom stereocenters. The van der Waals surface area contributed by atoms with Crippen molar-refractivity contribution in [3.05, 3.63) is 65.8 Å². The van der Waals surface area contributed by atoms with E-state index < -0.39 is 0 Å². The first-order valence-electron chi connectivity index (χ1n) is 9.24. The zero-order valence-corrected chi connectivity index (χ0v) is 15.2. The second kappa shape index (κ2) is 7.68. The lowest BCUT2D eigenvalue weighted by atomic mass is 9.96. The average Bonchev–Trinajstić information content (AvgIpc) is 3.20. The summed E-state index contributed by atoms with van der Waals surface area (Å²) in [5.74, 6) is 1.16. The van der Waals surface area contributed by atoms with Gasteiger partial charge in [0.05, 0.1) is 23.4 Å². The van der Waals surface area contributed by atoms with Gasteiger partial charge < -0.3 is 4.52 Å². The van der Waals surface area contributed by atoms with Crippen LogP contribution in [0.25, 0.3) is 11.4 Å². The Bertz CT molecular complexity index is 946. The summed E-state index contributed by atoms with van der Waals surface area (Å²) in [4.78, 5) is 11.5. The van der Waals surface area contributed by atoms with E-state index >= 15 is 0 Å². The van der Waals surface area contributed by atoms with Crippen LogP contribution in [0.15, 0.2) is 53.2 Å². The molecule has 1 aliphatic rings. The Morgan fingerprint density at radius 2 is 2.15 bits per heavy atom. The minimum atomic E-state index is 0.0798. The van der Waals surface area contributed by atoms with Gasteiger partial charge in [0.2, 0.25) is 11.7 Å². The van der Waals surface area contributed by atoms with Crippen LogP contribution in [-0.4, -0.2) is 26.1 Å². The molecule has 6 nitrogen and oxygen atoms in total. The van der Waals surface area contributed by atoms with E-state index in [4.69, 9.17) is 9.78 Å². The number of likely N-dealkylation sites (tertiary alicyclic amines) is 1. The largest absolute Gasteiger partial charge is 0.337 e. The first-order chi connectivity index (χ1) is 13.2. The molecule has 0 aliphatic carbocycles. The SMILES string of the molecule is CC1CCCC(c2nc(-c3cccc(C#N)c3)no2)N1Cc1ccccn1. The average molecular weight is 359 g/mol. The predicted molar refractivity (Wildman–Crippen MR) is 100 cm³/mol. The van der Waals surface area contributed by atoms with Gasteiger partial charge in [-0.15, -0.1) is 0 Å². The molecule has 0 bridgehead atoms. The number of nitrogens with zero attached hydrogens (tertiary/aromatic N) is 5. The van der Waals surface area contributed by atoms with Gasteiger partial charge in [-0.05, 0) is 50.5 Å². The lowest BCUT2D eigenvalue weighted by Gasteiger charge is -2.38. The van der Waals surface area contributed by atoms with Crippen molar-refractivity contribution in [2.24, 2.45) is 0 Å². The minimum absolute atomic E-state index is 0.0798. The van der Waals surface area contributed by atoms with E-state index in [0.717, 1.165) is 37.1 Å². The molecular formula is C21H21N5O. The fraction of sp³-hybridized carbons (Fsp3) is 0.333. The molecular weight excluding hydrogens is 338 g/mol. The highest BCUT2D eigenvalue weighted by atomic mass is 16.5. The van der Waals surface area contributed by atoms with Gasteiger partial charge in [0.1, 0.15) is 0 Å². The van der Waals surface area contributed by atoms with Gasteiger partial charge in [0.15, 0.2) is 0 Å².